The van der Waals surface area contributed by atoms with Crippen LogP contribution in [0.4, 0.5) is 5.69 Å². The SMILES string of the molecule is Cc1cc(S)ccc1N1CCOCC1. The Kier molecular flexibility index (Phi) is 2.99. The topological polar surface area (TPSA) is 12.5 Å². The van der Waals surface area contributed by atoms with Crippen LogP contribution in [0.5, 0.6) is 0 Å². The highest BCUT2D eigenvalue weighted by Gasteiger charge is 2.12. The summed E-state index contributed by atoms with van der Waals surface area (Å²) >= 11 is 4.32. The van der Waals surface area contributed by atoms with E-state index < -0.39 is 0 Å². The first-order chi connectivity index (χ1) is 6.77. The molecule has 1 aliphatic heterocycles. The first-order valence-electron chi connectivity index (χ1n) is 4.90. The third-order valence-corrected chi connectivity index (χ3v) is 2.81. The van der Waals surface area contributed by atoms with Gasteiger partial charge in [-0.1, -0.05) is 0 Å². The molecule has 1 aliphatic rings. The van der Waals surface area contributed by atoms with Crippen molar-refractivity contribution < 1.29 is 4.74 Å². The van der Waals surface area contributed by atoms with Crippen molar-refractivity contribution in [2.24, 2.45) is 0 Å². The van der Waals surface area contributed by atoms with Crippen molar-refractivity contribution in [2.75, 3.05) is 31.2 Å². The second kappa shape index (κ2) is 4.24. The largest absolute Gasteiger partial charge is 0.378 e. The fourth-order valence-electron chi connectivity index (χ4n) is 1.80. The molecule has 0 bridgehead atoms. The van der Waals surface area contributed by atoms with Gasteiger partial charge >= 0.3 is 0 Å². The van der Waals surface area contributed by atoms with Crippen LogP contribution in [0.1, 0.15) is 5.56 Å². The van der Waals surface area contributed by atoms with Gasteiger partial charge in [0.15, 0.2) is 0 Å². The molecule has 1 saturated heterocycles. The Bertz CT molecular complexity index is 321. The van der Waals surface area contributed by atoms with Gasteiger partial charge in [0.05, 0.1) is 13.2 Å². The molecular formula is C11H15NOS. The van der Waals surface area contributed by atoms with E-state index in [1.54, 1.807) is 0 Å². The van der Waals surface area contributed by atoms with Crippen molar-refractivity contribution in [1.29, 1.82) is 0 Å². The third-order valence-electron chi connectivity index (χ3n) is 2.53. The number of ether oxygens (including phenoxy) is 1. The Morgan fingerprint density at radius 3 is 2.64 bits per heavy atom. The maximum absolute atomic E-state index is 5.33. The zero-order chi connectivity index (χ0) is 9.97. The summed E-state index contributed by atoms with van der Waals surface area (Å²) in [7, 11) is 0. The molecule has 0 N–H and O–H groups in total. The second-order valence-electron chi connectivity index (χ2n) is 3.57. The van der Waals surface area contributed by atoms with Gasteiger partial charge in [-0.25, -0.2) is 0 Å². The molecule has 0 aromatic heterocycles. The number of rotatable bonds is 1. The Labute approximate surface area is 90.3 Å². The van der Waals surface area contributed by atoms with Gasteiger partial charge in [-0.2, -0.15) is 0 Å². The monoisotopic (exact) mass is 209 g/mol. The van der Waals surface area contributed by atoms with Crippen LogP contribution in [0.25, 0.3) is 0 Å². The van der Waals surface area contributed by atoms with Gasteiger partial charge < -0.3 is 9.64 Å². The van der Waals surface area contributed by atoms with Crippen molar-refractivity contribution in [1.82, 2.24) is 0 Å². The lowest BCUT2D eigenvalue weighted by Gasteiger charge is -2.30. The standard InChI is InChI=1S/C11H15NOS/c1-9-8-10(14)2-3-11(9)12-4-6-13-7-5-12/h2-3,8,14H,4-7H2,1H3. The van der Waals surface area contributed by atoms with Crippen molar-refractivity contribution in [2.45, 2.75) is 11.8 Å². The van der Waals surface area contributed by atoms with Crippen molar-refractivity contribution in [3.63, 3.8) is 0 Å². The molecule has 0 amide bonds. The summed E-state index contributed by atoms with van der Waals surface area (Å²) in [6.07, 6.45) is 0. The molecule has 1 fully saturated rings. The maximum atomic E-state index is 5.33. The van der Waals surface area contributed by atoms with Crippen LogP contribution in [-0.2, 0) is 4.74 Å². The Morgan fingerprint density at radius 1 is 1.29 bits per heavy atom. The highest BCUT2D eigenvalue weighted by Crippen LogP contribution is 2.23. The Balaban J connectivity index is 2.22. The van der Waals surface area contributed by atoms with Crippen molar-refractivity contribution in [3.05, 3.63) is 23.8 Å². The molecule has 1 aromatic rings. The van der Waals surface area contributed by atoms with E-state index in [1.165, 1.54) is 11.3 Å². The summed E-state index contributed by atoms with van der Waals surface area (Å²) in [5.41, 5.74) is 2.60. The van der Waals surface area contributed by atoms with E-state index in [1.807, 2.05) is 6.07 Å². The quantitative estimate of drug-likeness (QED) is 0.711. The molecule has 0 aliphatic carbocycles. The average Bonchev–Trinajstić information content (AvgIpc) is 2.19. The maximum Gasteiger partial charge on any atom is 0.0642 e. The summed E-state index contributed by atoms with van der Waals surface area (Å²) in [4.78, 5) is 3.39. The average molecular weight is 209 g/mol. The van der Waals surface area contributed by atoms with E-state index >= 15 is 0 Å². The summed E-state index contributed by atoms with van der Waals surface area (Å²) in [6, 6.07) is 6.29. The zero-order valence-electron chi connectivity index (χ0n) is 8.36. The van der Waals surface area contributed by atoms with E-state index in [0.29, 0.717) is 0 Å². The number of benzene rings is 1. The number of hydrogen-bond acceptors (Lipinski definition) is 3. The molecule has 1 heterocycles. The number of nitrogens with zero attached hydrogens (tertiary/aromatic N) is 1. The molecule has 14 heavy (non-hydrogen) atoms. The molecule has 0 spiro atoms. The van der Waals surface area contributed by atoms with Crippen LogP contribution in [0.15, 0.2) is 23.1 Å². The minimum atomic E-state index is 0.835. The van der Waals surface area contributed by atoms with Gasteiger partial charge in [-0.15, -0.1) is 12.6 Å². The predicted molar refractivity (Wildman–Crippen MR) is 61.5 cm³/mol. The predicted octanol–water partition coefficient (Wildman–Crippen LogP) is 2.12. The molecular weight excluding hydrogens is 194 g/mol. The van der Waals surface area contributed by atoms with Crippen LogP contribution in [0.3, 0.4) is 0 Å². The van der Waals surface area contributed by atoms with Crippen LogP contribution >= 0.6 is 12.6 Å². The molecule has 0 atom stereocenters. The molecule has 0 saturated carbocycles. The molecule has 0 unspecified atom stereocenters. The highest BCUT2D eigenvalue weighted by atomic mass is 32.1. The lowest BCUT2D eigenvalue weighted by molar-refractivity contribution is 0.122. The number of anilines is 1. The molecule has 2 nitrogen and oxygen atoms in total. The normalized spacial score (nSPS) is 17.1. The lowest BCUT2D eigenvalue weighted by atomic mass is 10.1. The smallest absolute Gasteiger partial charge is 0.0642 e. The minimum absolute atomic E-state index is 0.835. The fraction of sp³-hybridized carbons (Fsp3) is 0.455. The van der Waals surface area contributed by atoms with E-state index in [9.17, 15) is 0 Å². The van der Waals surface area contributed by atoms with Crippen LogP contribution in [0.2, 0.25) is 0 Å². The van der Waals surface area contributed by atoms with Crippen molar-refractivity contribution in [3.8, 4) is 0 Å². The zero-order valence-corrected chi connectivity index (χ0v) is 9.26. The summed E-state index contributed by atoms with van der Waals surface area (Å²) in [6.45, 7) is 5.79. The number of thiol groups is 1. The fourth-order valence-corrected chi connectivity index (χ4v) is 2.07. The highest BCUT2D eigenvalue weighted by molar-refractivity contribution is 7.80. The van der Waals surface area contributed by atoms with Gasteiger partial charge in [-0.05, 0) is 30.7 Å². The summed E-state index contributed by atoms with van der Waals surface area (Å²) in [5.74, 6) is 0. The second-order valence-corrected chi connectivity index (χ2v) is 4.09. The number of hydrogen-bond donors (Lipinski definition) is 1. The first-order valence-corrected chi connectivity index (χ1v) is 5.34. The van der Waals surface area contributed by atoms with Crippen LogP contribution < -0.4 is 4.90 Å². The lowest BCUT2D eigenvalue weighted by Crippen LogP contribution is -2.36. The van der Waals surface area contributed by atoms with Gasteiger partial charge in [0.25, 0.3) is 0 Å². The summed E-state index contributed by atoms with van der Waals surface area (Å²) in [5, 5.41) is 0. The van der Waals surface area contributed by atoms with Gasteiger partial charge in [0.1, 0.15) is 0 Å². The Hall–Kier alpha value is -0.670. The van der Waals surface area contributed by atoms with Crippen LogP contribution in [-0.4, -0.2) is 26.3 Å². The van der Waals surface area contributed by atoms with Gasteiger partial charge in [0.2, 0.25) is 0 Å². The van der Waals surface area contributed by atoms with Crippen LogP contribution in [0, 0.1) is 6.92 Å². The molecule has 3 heteroatoms. The summed E-state index contributed by atoms with van der Waals surface area (Å²) < 4.78 is 5.33. The molecule has 0 radical (unpaired) electrons. The molecule has 76 valence electrons. The van der Waals surface area contributed by atoms with E-state index in [0.717, 1.165) is 31.2 Å². The third kappa shape index (κ3) is 2.04. The number of morpholine rings is 1. The molecule has 2 rings (SSSR count). The minimum Gasteiger partial charge on any atom is -0.378 e. The first kappa shape index (κ1) is 9.87. The van der Waals surface area contributed by atoms with Crippen molar-refractivity contribution >= 4 is 18.3 Å². The Morgan fingerprint density at radius 2 is 2.00 bits per heavy atom. The van der Waals surface area contributed by atoms with E-state index in [4.69, 9.17) is 4.74 Å². The van der Waals surface area contributed by atoms with Gasteiger partial charge in [-0.3, -0.25) is 0 Å². The van der Waals surface area contributed by atoms with E-state index in [2.05, 4.69) is 36.6 Å². The molecule has 1 aromatic carbocycles. The van der Waals surface area contributed by atoms with E-state index in [-0.39, 0.29) is 0 Å². The van der Waals surface area contributed by atoms with Gasteiger partial charge in [0, 0.05) is 23.7 Å². The number of aryl methyl sites for hydroxylation is 1.